The first-order valence-corrected chi connectivity index (χ1v) is 6.45. The molecule has 1 rings (SSSR count). The van der Waals surface area contributed by atoms with Gasteiger partial charge in [0.15, 0.2) is 5.82 Å². The molecule has 0 unspecified atom stereocenters. The summed E-state index contributed by atoms with van der Waals surface area (Å²) in [5.41, 5.74) is 6.33. The van der Waals surface area contributed by atoms with Gasteiger partial charge in [-0.15, -0.1) is 0 Å². The Morgan fingerprint density at radius 1 is 1.32 bits per heavy atom. The number of nitrogens with two attached hydrogens (primary N) is 1. The summed E-state index contributed by atoms with van der Waals surface area (Å²) in [7, 11) is 0. The Labute approximate surface area is 113 Å². The van der Waals surface area contributed by atoms with Crippen LogP contribution >= 0.6 is 0 Å². The van der Waals surface area contributed by atoms with Crippen LogP contribution in [0.15, 0.2) is 6.33 Å². The van der Waals surface area contributed by atoms with Crippen molar-refractivity contribution in [2.75, 3.05) is 44.0 Å². The third kappa shape index (κ3) is 5.71. The molecule has 4 N–H and O–H groups in total. The highest BCUT2D eigenvalue weighted by Gasteiger charge is 2.08. The molecule has 0 saturated heterocycles. The minimum absolute atomic E-state index is 0.0460. The zero-order valence-corrected chi connectivity index (χ0v) is 11.3. The number of anilines is 2. The second-order valence-electron chi connectivity index (χ2n) is 3.91. The molecule has 0 bridgehead atoms. The van der Waals surface area contributed by atoms with Crippen LogP contribution < -0.4 is 15.8 Å². The van der Waals surface area contributed by atoms with Gasteiger partial charge in [0.1, 0.15) is 12.0 Å². The maximum absolute atomic E-state index is 8.55. The summed E-state index contributed by atoms with van der Waals surface area (Å²) in [6, 6.07) is 0. The van der Waals surface area contributed by atoms with E-state index >= 15 is 0 Å². The van der Waals surface area contributed by atoms with E-state index in [0.717, 1.165) is 12.8 Å². The largest absolute Gasteiger partial charge is 0.476 e. The maximum atomic E-state index is 8.55. The normalized spacial score (nSPS) is 10.4. The Kier molecular flexibility index (Phi) is 7.60. The average molecular weight is 270 g/mol. The number of rotatable bonds is 10. The van der Waals surface area contributed by atoms with E-state index in [1.165, 1.54) is 6.33 Å². The minimum Gasteiger partial charge on any atom is -0.476 e. The standard InChI is InChI=1S/C12H22N4O3/c1-2-6-19-12-10(13)11(15-9-16-12)14-4-3-7-18-8-5-17/h9,17H,2-8,13H2,1H3,(H,14,15,16). The predicted octanol–water partition coefficient (Wildman–Crippen LogP) is 0.659. The van der Waals surface area contributed by atoms with Gasteiger partial charge >= 0.3 is 0 Å². The lowest BCUT2D eigenvalue weighted by molar-refractivity contribution is 0.0922. The molecule has 1 aromatic heterocycles. The molecule has 19 heavy (non-hydrogen) atoms. The Hall–Kier alpha value is -1.60. The van der Waals surface area contributed by atoms with Crippen LogP contribution in [-0.2, 0) is 4.74 Å². The molecule has 0 aliphatic heterocycles. The highest BCUT2D eigenvalue weighted by Crippen LogP contribution is 2.24. The third-order valence-corrected chi connectivity index (χ3v) is 2.28. The lowest BCUT2D eigenvalue weighted by atomic mass is 10.4. The van der Waals surface area contributed by atoms with Gasteiger partial charge in [-0.05, 0) is 12.8 Å². The third-order valence-electron chi connectivity index (χ3n) is 2.28. The molecule has 0 amide bonds. The predicted molar refractivity (Wildman–Crippen MR) is 73.2 cm³/mol. The molecule has 0 aliphatic carbocycles. The van der Waals surface area contributed by atoms with Gasteiger partial charge in [-0.25, -0.2) is 4.98 Å². The molecule has 7 nitrogen and oxygen atoms in total. The smallest absolute Gasteiger partial charge is 0.242 e. The molecule has 0 radical (unpaired) electrons. The number of nitrogens with zero attached hydrogens (tertiary/aromatic N) is 2. The van der Waals surface area contributed by atoms with Crippen LogP contribution in [0, 0.1) is 0 Å². The quantitative estimate of drug-likeness (QED) is 0.537. The Balaban J connectivity index is 2.36. The van der Waals surface area contributed by atoms with Crippen LogP contribution in [0.4, 0.5) is 11.5 Å². The highest BCUT2D eigenvalue weighted by atomic mass is 16.5. The molecular weight excluding hydrogens is 248 g/mol. The van der Waals surface area contributed by atoms with Gasteiger partial charge in [0.2, 0.25) is 5.88 Å². The number of aliphatic hydroxyl groups is 1. The number of aromatic nitrogens is 2. The molecule has 0 saturated carbocycles. The second kappa shape index (κ2) is 9.35. The van der Waals surface area contributed by atoms with E-state index in [4.69, 9.17) is 20.3 Å². The van der Waals surface area contributed by atoms with Crippen LogP contribution in [0.1, 0.15) is 19.8 Å². The monoisotopic (exact) mass is 270 g/mol. The van der Waals surface area contributed by atoms with Crippen molar-refractivity contribution >= 4 is 11.5 Å². The highest BCUT2D eigenvalue weighted by molar-refractivity contribution is 5.66. The van der Waals surface area contributed by atoms with Gasteiger partial charge in [-0.2, -0.15) is 4.98 Å². The topological polar surface area (TPSA) is 103 Å². The van der Waals surface area contributed by atoms with Crippen LogP contribution in [0.25, 0.3) is 0 Å². The molecule has 7 heteroatoms. The molecule has 0 fully saturated rings. The van der Waals surface area contributed by atoms with Crippen molar-refractivity contribution in [3.63, 3.8) is 0 Å². The SMILES string of the molecule is CCCOc1ncnc(NCCCOCCO)c1N. The Morgan fingerprint density at radius 3 is 2.89 bits per heavy atom. The Morgan fingerprint density at radius 2 is 2.16 bits per heavy atom. The minimum atomic E-state index is 0.0460. The van der Waals surface area contributed by atoms with Crippen LogP contribution in [0.5, 0.6) is 5.88 Å². The molecule has 1 aromatic rings. The summed E-state index contributed by atoms with van der Waals surface area (Å²) in [6.45, 7) is 4.27. The molecule has 0 atom stereocenters. The fraction of sp³-hybridized carbons (Fsp3) is 0.667. The summed E-state index contributed by atoms with van der Waals surface area (Å²) in [4.78, 5) is 8.07. The lowest BCUT2D eigenvalue weighted by Gasteiger charge is -2.11. The summed E-state index contributed by atoms with van der Waals surface area (Å²) < 4.78 is 10.6. The molecule has 0 aromatic carbocycles. The van der Waals surface area contributed by atoms with Crippen molar-refractivity contribution in [1.82, 2.24) is 9.97 Å². The van der Waals surface area contributed by atoms with E-state index in [9.17, 15) is 0 Å². The van der Waals surface area contributed by atoms with E-state index in [1.54, 1.807) is 0 Å². The van der Waals surface area contributed by atoms with Crippen molar-refractivity contribution in [2.24, 2.45) is 0 Å². The first kappa shape index (κ1) is 15.5. The summed E-state index contributed by atoms with van der Waals surface area (Å²) in [6.07, 6.45) is 3.12. The molecule has 108 valence electrons. The number of hydrogen-bond donors (Lipinski definition) is 3. The molecule has 0 aliphatic rings. The number of nitrogen functional groups attached to an aromatic ring is 1. The van der Waals surface area contributed by atoms with Gasteiger partial charge in [0.05, 0.1) is 19.8 Å². The van der Waals surface area contributed by atoms with Gasteiger partial charge in [0, 0.05) is 13.2 Å². The van der Waals surface area contributed by atoms with Crippen molar-refractivity contribution in [2.45, 2.75) is 19.8 Å². The van der Waals surface area contributed by atoms with Crippen molar-refractivity contribution in [3.05, 3.63) is 6.33 Å². The van der Waals surface area contributed by atoms with Gasteiger partial charge in [-0.3, -0.25) is 0 Å². The molecular formula is C12H22N4O3. The number of aliphatic hydroxyl groups excluding tert-OH is 1. The summed E-state index contributed by atoms with van der Waals surface area (Å²) >= 11 is 0. The van der Waals surface area contributed by atoms with E-state index in [1.807, 2.05) is 6.92 Å². The van der Waals surface area contributed by atoms with E-state index in [2.05, 4.69) is 15.3 Å². The number of nitrogens with one attached hydrogen (secondary N) is 1. The number of ether oxygens (including phenoxy) is 2. The zero-order valence-electron chi connectivity index (χ0n) is 11.3. The first-order valence-electron chi connectivity index (χ1n) is 6.45. The zero-order chi connectivity index (χ0) is 13.9. The average Bonchev–Trinajstić information content (AvgIpc) is 2.43. The van der Waals surface area contributed by atoms with Crippen molar-refractivity contribution < 1.29 is 14.6 Å². The van der Waals surface area contributed by atoms with Crippen LogP contribution in [0.3, 0.4) is 0 Å². The Bertz CT molecular complexity index is 363. The summed E-state index contributed by atoms with van der Waals surface area (Å²) in [5, 5.41) is 11.7. The van der Waals surface area contributed by atoms with Gasteiger partial charge in [0.25, 0.3) is 0 Å². The molecule has 0 spiro atoms. The first-order chi connectivity index (χ1) is 9.29. The van der Waals surface area contributed by atoms with E-state index < -0.39 is 0 Å². The van der Waals surface area contributed by atoms with Crippen molar-refractivity contribution in [3.8, 4) is 5.88 Å². The molecule has 1 heterocycles. The fourth-order valence-corrected chi connectivity index (χ4v) is 1.38. The van der Waals surface area contributed by atoms with Crippen LogP contribution in [0.2, 0.25) is 0 Å². The van der Waals surface area contributed by atoms with Crippen LogP contribution in [-0.4, -0.2) is 48.0 Å². The number of hydrogen-bond acceptors (Lipinski definition) is 7. The van der Waals surface area contributed by atoms with E-state index in [0.29, 0.717) is 43.8 Å². The lowest BCUT2D eigenvalue weighted by Crippen LogP contribution is -2.11. The van der Waals surface area contributed by atoms with E-state index in [-0.39, 0.29) is 6.61 Å². The maximum Gasteiger partial charge on any atom is 0.242 e. The summed E-state index contributed by atoms with van der Waals surface area (Å²) in [5.74, 6) is 0.985. The van der Waals surface area contributed by atoms with Gasteiger partial charge in [-0.1, -0.05) is 6.92 Å². The fourth-order valence-electron chi connectivity index (χ4n) is 1.38. The second-order valence-corrected chi connectivity index (χ2v) is 3.91. The van der Waals surface area contributed by atoms with Gasteiger partial charge < -0.3 is 25.6 Å². The van der Waals surface area contributed by atoms with Crippen molar-refractivity contribution in [1.29, 1.82) is 0 Å².